The van der Waals surface area contributed by atoms with E-state index in [0.717, 1.165) is 28.7 Å². The molecule has 1 fully saturated rings. The Bertz CT molecular complexity index is 760. The van der Waals surface area contributed by atoms with Gasteiger partial charge in [0.2, 0.25) is 0 Å². The summed E-state index contributed by atoms with van der Waals surface area (Å²) in [5.41, 5.74) is 1.00. The summed E-state index contributed by atoms with van der Waals surface area (Å²) in [6.07, 6.45) is 4.78. The Morgan fingerprint density at radius 3 is 2.63 bits per heavy atom. The van der Waals surface area contributed by atoms with Gasteiger partial charge in [-0.05, 0) is 49.9 Å². The summed E-state index contributed by atoms with van der Waals surface area (Å²) in [6, 6.07) is 8.23. The van der Waals surface area contributed by atoms with Crippen molar-refractivity contribution in [3.8, 4) is 17.1 Å². The molecule has 0 bridgehead atoms. The molecule has 1 heterocycles. The fourth-order valence-electron chi connectivity index (χ4n) is 3.62. The van der Waals surface area contributed by atoms with E-state index >= 15 is 0 Å². The highest BCUT2D eigenvalue weighted by Gasteiger charge is 2.29. The molecular weight excluding hydrogens is 362 g/mol. The first-order valence-corrected chi connectivity index (χ1v) is 10.5. The average molecular weight is 390 g/mol. The van der Waals surface area contributed by atoms with Crippen molar-refractivity contribution < 1.29 is 14.3 Å². The Balaban J connectivity index is 1.93. The van der Waals surface area contributed by atoms with Crippen LogP contribution in [-0.4, -0.2) is 40.2 Å². The van der Waals surface area contributed by atoms with Gasteiger partial charge in [0.1, 0.15) is 5.75 Å². The Morgan fingerprint density at radius 2 is 1.96 bits per heavy atom. The van der Waals surface area contributed by atoms with Crippen LogP contribution >= 0.6 is 11.8 Å². The summed E-state index contributed by atoms with van der Waals surface area (Å²) >= 11 is 1.40. The van der Waals surface area contributed by atoms with Crippen LogP contribution in [0.15, 0.2) is 29.4 Å². The molecular formula is C20H27N3O3S. The van der Waals surface area contributed by atoms with Crippen LogP contribution in [-0.2, 0) is 9.53 Å². The highest BCUT2D eigenvalue weighted by atomic mass is 32.2. The zero-order valence-corrected chi connectivity index (χ0v) is 17.0. The van der Waals surface area contributed by atoms with Gasteiger partial charge in [-0.15, -0.1) is 10.2 Å². The van der Waals surface area contributed by atoms with E-state index < -0.39 is 0 Å². The minimum Gasteiger partial charge on any atom is -0.497 e. The molecule has 1 aliphatic rings. The fraction of sp³-hybridized carbons (Fsp3) is 0.550. The molecule has 0 spiro atoms. The van der Waals surface area contributed by atoms with Gasteiger partial charge in [0.15, 0.2) is 11.0 Å². The summed E-state index contributed by atoms with van der Waals surface area (Å²) in [4.78, 5) is 11.8. The van der Waals surface area contributed by atoms with Crippen molar-refractivity contribution in [2.24, 2.45) is 5.92 Å². The van der Waals surface area contributed by atoms with Gasteiger partial charge in [-0.1, -0.05) is 31.5 Å². The lowest BCUT2D eigenvalue weighted by molar-refractivity contribution is -0.139. The molecule has 3 rings (SSSR count). The van der Waals surface area contributed by atoms with E-state index in [1.54, 1.807) is 7.11 Å². The van der Waals surface area contributed by atoms with E-state index in [1.165, 1.54) is 31.0 Å². The summed E-state index contributed by atoms with van der Waals surface area (Å²) < 4.78 is 12.6. The zero-order valence-electron chi connectivity index (χ0n) is 16.2. The molecule has 146 valence electrons. The first-order chi connectivity index (χ1) is 13.1. The van der Waals surface area contributed by atoms with Gasteiger partial charge in [-0.2, -0.15) is 0 Å². The molecule has 0 aliphatic heterocycles. The molecule has 1 aromatic carbocycles. The SMILES string of the molecule is CCOC(=O)CSc1nnc(-c2ccc(OC)cc2)n1[C@H]1CCCC[C@H]1C. The third-order valence-corrected chi connectivity index (χ3v) is 5.95. The zero-order chi connectivity index (χ0) is 19.2. The van der Waals surface area contributed by atoms with Crippen molar-refractivity contribution in [1.29, 1.82) is 0 Å². The summed E-state index contributed by atoms with van der Waals surface area (Å²) in [6.45, 7) is 4.50. The van der Waals surface area contributed by atoms with E-state index in [0.29, 0.717) is 18.6 Å². The van der Waals surface area contributed by atoms with Crippen LogP contribution in [0.5, 0.6) is 5.75 Å². The summed E-state index contributed by atoms with van der Waals surface area (Å²) in [5.74, 6) is 2.24. The number of rotatable bonds is 7. The predicted molar refractivity (Wildman–Crippen MR) is 106 cm³/mol. The molecule has 0 unspecified atom stereocenters. The van der Waals surface area contributed by atoms with Gasteiger partial charge in [0.25, 0.3) is 0 Å². The molecule has 0 saturated heterocycles. The average Bonchev–Trinajstić information content (AvgIpc) is 3.11. The molecule has 6 nitrogen and oxygen atoms in total. The second-order valence-corrected chi connectivity index (χ2v) is 7.77. The highest BCUT2D eigenvalue weighted by molar-refractivity contribution is 7.99. The number of nitrogens with zero attached hydrogens (tertiary/aromatic N) is 3. The monoisotopic (exact) mass is 389 g/mol. The van der Waals surface area contributed by atoms with Crippen LogP contribution < -0.4 is 4.74 Å². The number of esters is 1. The van der Waals surface area contributed by atoms with E-state index in [9.17, 15) is 4.79 Å². The molecule has 0 amide bonds. The van der Waals surface area contributed by atoms with Crippen molar-refractivity contribution >= 4 is 17.7 Å². The number of methoxy groups -OCH3 is 1. The fourth-order valence-corrected chi connectivity index (χ4v) is 4.41. The molecule has 0 N–H and O–H groups in total. The second-order valence-electron chi connectivity index (χ2n) is 6.83. The number of carbonyl (C=O) groups excluding carboxylic acids is 1. The van der Waals surface area contributed by atoms with Crippen molar-refractivity contribution in [1.82, 2.24) is 14.8 Å². The number of ether oxygens (including phenoxy) is 2. The maximum Gasteiger partial charge on any atom is 0.316 e. The third-order valence-electron chi connectivity index (χ3n) is 5.04. The van der Waals surface area contributed by atoms with E-state index in [4.69, 9.17) is 9.47 Å². The third kappa shape index (κ3) is 4.64. The molecule has 7 heteroatoms. The van der Waals surface area contributed by atoms with E-state index in [-0.39, 0.29) is 11.7 Å². The number of aromatic nitrogens is 3. The predicted octanol–water partition coefficient (Wildman–Crippen LogP) is 4.36. The number of hydrogen-bond donors (Lipinski definition) is 0. The van der Waals surface area contributed by atoms with Crippen LogP contribution in [0.3, 0.4) is 0 Å². The van der Waals surface area contributed by atoms with E-state index in [1.807, 2.05) is 31.2 Å². The molecule has 1 aliphatic carbocycles. The number of hydrogen-bond acceptors (Lipinski definition) is 6. The first-order valence-electron chi connectivity index (χ1n) is 9.51. The molecule has 2 atom stereocenters. The highest BCUT2D eigenvalue weighted by Crippen LogP contribution is 2.39. The Labute approximate surface area is 164 Å². The quantitative estimate of drug-likeness (QED) is 0.518. The van der Waals surface area contributed by atoms with Crippen molar-refractivity contribution in [3.63, 3.8) is 0 Å². The Kier molecular flexibility index (Phi) is 6.77. The maximum absolute atomic E-state index is 11.8. The van der Waals surface area contributed by atoms with E-state index in [2.05, 4.69) is 21.7 Å². The number of carbonyl (C=O) groups is 1. The van der Waals surface area contributed by atoms with Crippen LogP contribution in [0.4, 0.5) is 0 Å². The minimum absolute atomic E-state index is 0.222. The molecule has 1 saturated carbocycles. The van der Waals surface area contributed by atoms with Gasteiger partial charge >= 0.3 is 5.97 Å². The van der Waals surface area contributed by atoms with Crippen LogP contribution in [0.25, 0.3) is 11.4 Å². The molecule has 2 aromatic rings. The maximum atomic E-state index is 11.8. The second kappa shape index (κ2) is 9.26. The minimum atomic E-state index is -0.222. The Hall–Kier alpha value is -2.02. The van der Waals surface area contributed by atoms with Crippen LogP contribution in [0.2, 0.25) is 0 Å². The van der Waals surface area contributed by atoms with Crippen LogP contribution in [0, 0.1) is 5.92 Å². The van der Waals surface area contributed by atoms with Crippen molar-refractivity contribution in [3.05, 3.63) is 24.3 Å². The van der Waals surface area contributed by atoms with Gasteiger partial charge in [-0.25, -0.2) is 0 Å². The lowest BCUT2D eigenvalue weighted by atomic mass is 9.85. The van der Waals surface area contributed by atoms with Gasteiger partial charge in [0.05, 0.1) is 19.5 Å². The number of thioether (sulfide) groups is 1. The summed E-state index contributed by atoms with van der Waals surface area (Å²) in [7, 11) is 1.66. The molecule has 1 aromatic heterocycles. The summed E-state index contributed by atoms with van der Waals surface area (Å²) in [5, 5.41) is 9.67. The standard InChI is InChI=1S/C20H27N3O3S/c1-4-26-18(24)13-27-20-22-21-19(15-9-11-16(25-3)12-10-15)23(20)17-8-6-5-7-14(17)2/h9-12,14,17H,4-8,13H2,1-3H3/t14-,17+/m1/s1. The molecule has 0 radical (unpaired) electrons. The topological polar surface area (TPSA) is 66.2 Å². The lowest BCUT2D eigenvalue weighted by Gasteiger charge is -2.31. The normalized spacial score (nSPS) is 19.7. The largest absolute Gasteiger partial charge is 0.497 e. The van der Waals surface area contributed by atoms with Crippen molar-refractivity contribution in [2.75, 3.05) is 19.5 Å². The van der Waals surface area contributed by atoms with Gasteiger partial charge in [0, 0.05) is 11.6 Å². The van der Waals surface area contributed by atoms with Gasteiger partial charge < -0.3 is 9.47 Å². The lowest BCUT2D eigenvalue weighted by Crippen LogP contribution is -2.23. The van der Waals surface area contributed by atoms with Gasteiger partial charge in [-0.3, -0.25) is 9.36 Å². The molecule has 27 heavy (non-hydrogen) atoms. The smallest absolute Gasteiger partial charge is 0.316 e. The Morgan fingerprint density at radius 1 is 1.22 bits per heavy atom. The van der Waals surface area contributed by atoms with Crippen LogP contribution in [0.1, 0.15) is 45.6 Å². The first kappa shape index (κ1) is 19.7. The van der Waals surface area contributed by atoms with Crippen molar-refractivity contribution in [2.45, 2.75) is 50.7 Å². The number of benzene rings is 1.